The number of ether oxygens (including phenoxy) is 1. The summed E-state index contributed by atoms with van der Waals surface area (Å²) in [6, 6.07) is 2.12. The summed E-state index contributed by atoms with van der Waals surface area (Å²) in [7, 11) is 0. The van der Waals surface area contributed by atoms with Gasteiger partial charge in [-0.15, -0.1) is 0 Å². The minimum absolute atomic E-state index is 0.0726. The molecule has 0 aromatic carbocycles. The lowest BCUT2D eigenvalue weighted by molar-refractivity contribution is -0.148. The van der Waals surface area contributed by atoms with Crippen LogP contribution in [0.1, 0.15) is 57.8 Å². The Balaban J connectivity index is 1.92. The molecule has 2 aliphatic carbocycles. The maximum absolute atomic E-state index is 11.2. The van der Waals surface area contributed by atoms with E-state index in [1.54, 1.807) is 0 Å². The van der Waals surface area contributed by atoms with Crippen molar-refractivity contribution in [3.63, 3.8) is 0 Å². The number of aryl methyl sites for hydroxylation is 1. The zero-order valence-electron chi connectivity index (χ0n) is 12.7. The van der Waals surface area contributed by atoms with Gasteiger partial charge >= 0.3 is 5.97 Å². The summed E-state index contributed by atoms with van der Waals surface area (Å²) in [4.78, 5) is 11.2. The Morgan fingerprint density at radius 2 is 2.25 bits per heavy atom. The molecule has 3 rings (SSSR count). The number of rotatable bonds is 2. The summed E-state index contributed by atoms with van der Waals surface area (Å²) in [6.07, 6.45) is 7.56. The number of esters is 1. The molecular weight excluding hydrogens is 252 g/mol. The zero-order valence-corrected chi connectivity index (χ0v) is 12.7. The Bertz CT molecular complexity index is 518. The van der Waals surface area contributed by atoms with E-state index in [0.717, 1.165) is 12.8 Å². The summed E-state index contributed by atoms with van der Waals surface area (Å²) in [5.74, 6) is 1.54. The van der Waals surface area contributed by atoms with Gasteiger partial charge in [-0.05, 0) is 43.2 Å². The summed E-state index contributed by atoms with van der Waals surface area (Å²) < 4.78 is 11.2. The van der Waals surface area contributed by atoms with Crippen LogP contribution in [-0.4, -0.2) is 12.6 Å². The maximum Gasteiger partial charge on any atom is 0.302 e. The summed E-state index contributed by atoms with van der Waals surface area (Å²) >= 11 is 0. The van der Waals surface area contributed by atoms with Crippen molar-refractivity contribution in [2.45, 2.75) is 58.3 Å². The van der Waals surface area contributed by atoms with Crippen LogP contribution in [0.25, 0.3) is 0 Å². The van der Waals surface area contributed by atoms with E-state index in [4.69, 9.17) is 9.15 Å². The van der Waals surface area contributed by atoms with Gasteiger partial charge in [-0.1, -0.05) is 20.3 Å². The maximum atomic E-state index is 11.2. The van der Waals surface area contributed by atoms with E-state index in [9.17, 15) is 4.79 Å². The van der Waals surface area contributed by atoms with Crippen LogP contribution in [0, 0.1) is 11.3 Å². The molecule has 1 heterocycles. The molecule has 1 saturated carbocycles. The standard InChI is InChI=1S/C17H24O3/c1-12(18)20-11-16(2)8-4-9-17(3)14(16)6-5-13-7-10-19-15(13)17/h7,10,14H,4-6,8-9,11H2,1-3H3/t14-,16+,17-/m0/s1. The largest absolute Gasteiger partial charge is 0.468 e. The Hall–Kier alpha value is -1.25. The monoisotopic (exact) mass is 276 g/mol. The fourth-order valence-electron chi connectivity index (χ4n) is 4.69. The van der Waals surface area contributed by atoms with Crippen LogP contribution in [0.3, 0.4) is 0 Å². The normalized spacial score (nSPS) is 36.0. The molecule has 3 nitrogen and oxygen atoms in total. The molecule has 1 fully saturated rings. The molecule has 1 aromatic rings. The van der Waals surface area contributed by atoms with E-state index in [-0.39, 0.29) is 16.8 Å². The van der Waals surface area contributed by atoms with Crippen molar-refractivity contribution in [2.75, 3.05) is 6.61 Å². The fourth-order valence-corrected chi connectivity index (χ4v) is 4.69. The lowest BCUT2D eigenvalue weighted by Gasteiger charge is -2.53. The lowest BCUT2D eigenvalue weighted by Crippen LogP contribution is -2.50. The first-order chi connectivity index (χ1) is 9.46. The van der Waals surface area contributed by atoms with E-state index < -0.39 is 0 Å². The van der Waals surface area contributed by atoms with Gasteiger partial charge in [-0.2, -0.15) is 0 Å². The lowest BCUT2D eigenvalue weighted by atomic mass is 9.51. The average Bonchev–Trinajstić information content (AvgIpc) is 2.86. The Morgan fingerprint density at radius 3 is 3.00 bits per heavy atom. The highest BCUT2D eigenvalue weighted by atomic mass is 16.5. The fraction of sp³-hybridized carbons (Fsp3) is 0.706. The van der Waals surface area contributed by atoms with Crippen LogP contribution in [0.4, 0.5) is 0 Å². The van der Waals surface area contributed by atoms with Crippen molar-refractivity contribution in [3.05, 3.63) is 23.7 Å². The van der Waals surface area contributed by atoms with Gasteiger partial charge in [0.15, 0.2) is 0 Å². The first-order valence-corrected chi connectivity index (χ1v) is 7.66. The van der Waals surface area contributed by atoms with Gasteiger partial charge in [0, 0.05) is 17.8 Å². The van der Waals surface area contributed by atoms with Crippen molar-refractivity contribution in [1.29, 1.82) is 0 Å². The van der Waals surface area contributed by atoms with Crippen LogP contribution in [0.5, 0.6) is 0 Å². The van der Waals surface area contributed by atoms with E-state index in [1.807, 2.05) is 6.26 Å². The molecule has 0 saturated heterocycles. The SMILES string of the molecule is CC(=O)OC[C@@]1(C)CCC[C@]2(C)c3occc3CC[C@@H]12. The third-order valence-electron chi connectivity index (χ3n) is 5.63. The molecule has 3 heteroatoms. The van der Waals surface area contributed by atoms with Crippen LogP contribution in [0.2, 0.25) is 0 Å². The molecule has 2 aliphatic rings. The second-order valence-electron chi connectivity index (χ2n) is 7.07. The van der Waals surface area contributed by atoms with Crippen LogP contribution in [-0.2, 0) is 21.4 Å². The number of carbonyl (C=O) groups excluding carboxylic acids is 1. The van der Waals surface area contributed by atoms with Crippen molar-refractivity contribution in [2.24, 2.45) is 11.3 Å². The van der Waals surface area contributed by atoms with Gasteiger partial charge in [0.2, 0.25) is 0 Å². The minimum atomic E-state index is -0.173. The van der Waals surface area contributed by atoms with Gasteiger partial charge in [-0.3, -0.25) is 4.79 Å². The van der Waals surface area contributed by atoms with Crippen LogP contribution in [0.15, 0.2) is 16.7 Å². The highest BCUT2D eigenvalue weighted by molar-refractivity contribution is 5.65. The quantitative estimate of drug-likeness (QED) is 0.770. The first kappa shape index (κ1) is 13.7. The van der Waals surface area contributed by atoms with Crippen LogP contribution < -0.4 is 0 Å². The summed E-state index contributed by atoms with van der Waals surface area (Å²) in [5, 5.41) is 0. The smallest absolute Gasteiger partial charge is 0.302 e. The van der Waals surface area contributed by atoms with Crippen molar-refractivity contribution < 1.29 is 13.9 Å². The molecule has 0 amide bonds. The average molecular weight is 276 g/mol. The molecule has 1 aromatic heterocycles. The summed E-state index contributed by atoms with van der Waals surface area (Å²) in [5.41, 5.74) is 1.55. The second-order valence-corrected chi connectivity index (χ2v) is 7.07. The number of furan rings is 1. The Labute approximate surface area is 120 Å². The van der Waals surface area contributed by atoms with Gasteiger partial charge in [0.05, 0.1) is 12.9 Å². The highest BCUT2D eigenvalue weighted by Gasteiger charge is 2.53. The Kier molecular flexibility index (Phi) is 3.19. The molecule has 0 aliphatic heterocycles. The molecule has 0 spiro atoms. The molecule has 0 radical (unpaired) electrons. The number of hydrogen-bond donors (Lipinski definition) is 0. The third-order valence-corrected chi connectivity index (χ3v) is 5.63. The zero-order chi connectivity index (χ0) is 14.4. The summed E-state index contributed by atoms with van der Waals surface area (Å²) in [6.45, 7) is 6.66. The highest BCUT2D eigenvalue weighted by Crippen LogP contribution is 2.57. The number of fused-ring (bicyclic) bond motifs is 3. The van der Waals surface area contributed by atoms with Crippen molar-refractivity contribution in [3.8, 4) is 0 Å². The first-order valence-electron chi connectivity index (χ1n) is 7.66. The van der Waals surface area contributed by atoms with E-state index in [1.165, 1.54) is 37.5 Å². The van der Waals surface area contributed by atoms with Gasteiger partial charge in [0.1, 0.15) is 5.76 Å². The van der Waals surface area contributed by atoms with E-state index in [2.05, 4.69) is 19.9 Å². The number of hydrogen-bond acceptors (Lipinski definition) is 3. The molecule has 3 atom stereocenters. The molecule has 20 heavy (non-hydrogen) atoms. The molecule has 0 unspecified atom stereocenters. The second kappa shape index (κ2) is 4.64. The van der Waals surface area contributed by atoms with Crippen molar-refractivity contribution >= 4 is 5.97 Å². The Morgan fingerprint density at radius 1 is 1.45 bits per heavy atom. The van der Waals surface area contributed by atoms with E-state index in [0.29, 0.717) is 12.5 Å². The predicted molar refractivity (Wildman–Crippen MR) is 76.5 cm³/mol. The van der Waals surface area contributed by atoms with Gasteiger partial charge in [0.25, 0.3) is 0 Å². The van der Waals surface area contributed by atoms with Crippen LogP contribution >= 0.6 is 0 Å². The van der Waals surface area contributed by atoms with Gasteiger partial charge in [-0.25, -0.2) is 0 Å². The van der Waals surface area contributed by atoms with Crippen molar-refractivity contribution in [1.82, 2.24) is 0 Å². The predicted octanol–water partition coefficient (Wildman–Crippen LogP) is 3.85. The molecule has 110 valence electrons. The third kappa shape index (κ3) is 1.99. The molecule has 0 N–H and O–H groups in total. The minimum Gasteiger partial charge on any atom is -0.468 e. The van der Waals surface area contributed by atoms with Gasteiger partial charge < -0.3 is 9.15 Å². The number of carbonyl (C=O) groups is 1. The van der Waals surface area contributed by atoms with E-state index >= 15 is 0 Å². The molecular formula is C17H24O3. The topological polar surface area (TPSA) is 39.4 Å². The molecule has 0 bridgehead atoms.